The maximum Gasteiger partial charge on any atom is 0.205 e. The molecule has 6 nitrogen and oxygen atoms in total. The Morgan fingerprint density at radius 3 is 2.27 bits per heavy atom. The van der Waals surface area contributed by atoms with E-state index in [1.54, 1.807) is 27.7 Å². The molecule has 0 N–H and O–H groups in total. The maximum absolute atomic E-state index is 5.52. The molecule has 2 aromatic rings. The minimum absolute atomic E-state index is 0.556. The highest BCUT2D eigenvalue weighted by Crippen LogP contribution is 2.44. The van der Waals surface area contributed by atoms with Crippen LogP contribution in [0.25, 0.3) is 10.9 Å². The normalized spacial score (nSPS) is 15.0. The average Bonchev–Trinajstić information content (AvgIpc) is 2.60. The Kier molecular flexibility index (Phi) is 4.18. The molecular formula is C16H21N3O3. The third kappa shape index (κ3) is 2.38. The van der Waals surface area contributed by atoms with E-state index in [1.165, 1.54) is 19.3 Å². The van der Waals surface area contributed by atoms with Crippen molar-refractivity contribution < 1.29 is 14.2 Å². The van der Waals surface area contributed by atoms with Gasteiger partial charge in [-0.1, -0.05) is 0 Å². The number of benzene rings is 1. The van der Waals surface area contributed by atoms with Crippen LogP contribution in [-0.2, 0) is 0 Å². The Labute approximate surface area is 130 Å². The van der Waals surface area contributed by atoms with E-state index in [2.05, 4.69) is 14.9 Å². The van der Waals surface area contributed by atoms with Gasteiger partial charge in [-0.2, -0.15) is 0 Å². The molecule has 6 heteroatoms. The van der Waals surface area contributed by atoms with Crippen molar-refractivity contribution in [1.29, 1.82) is 0 Å². The molecule has 1 aliphatic heterocycles. The smallest absolute Gasteiger partial charge is 0.205 e. The summed E-state index contributed by atoms with van der Waals surface area (Å²) < 4.78 is 16.4. The summed E-state index contributed by atoms with van der Waals surface area (Å²) in [5.41, 5.74) is 0.746. The first kappa shape index (κ1) is 14.7. The summed E-state index contributed by atoms with van der Waals surface area (Å²) in [6, 6.07) is 1.93. The van der Waals surface area contributed by atoms with Gasteiger partial charge in [-0.25, -0.2) is 9.97 Å². The number of fused-ring (bicyclic) bond motifs is 1. The van der Waals surface area contributed by atoms with Crippen molar-refractivity contribution in [2.75, 3.05) is 39.3 Å². The zero-order valence-corrected chi connectivity index (χ0v) is 13.3. The van der Waals surface area contributed by atoms with Crippen LogP contribution in [0, 0.1) is 0 Å². The summed E-state index contributed by atoms with van der Waals surface area (Å²) in [6.07, 6.45) is 5.24. The van der Waals surface area contributed by atoms with Gasteiger partial charge >= 0.3 is 0 Å². The van der Waals surface area contributed by atoms with Gasteiger partial charge in [-0.15, -0.1) is 0 Å². The SMILES string of the molecule is COc1cc2c(N3CCCCC3)ncnc2c(OC)c1OC. The van der Waals surface area contributed by atoms with E-state index >= 15 is 0 Å². The topological polar surface area (TPSA) is 56.7 Å². The summed E-state index contributed by atoms with van der Waals surface area (Å²) in [7, 11) is 4.83. The number of rotatable bonds is 4. The van der Waals surface area contributed by atoms with E-state index in [9.17, 15) is 0 Å². The Hall–Kier alpha value is -2.24. The number of methoxy groups -OCH3 is 3. The van der Waals surface area contributed by atoms with Gasteiger partial charge in [0.05, 0.1) is 26.7 Å². The lowest BCUT2D eigenvalue weighted by Crippen LogP contribution is -2.30. The van der Waals surface area contributed by atoms with Crippen LogP contribution in [-0.4, -0.2) is 44.4 Å². The lowest BCUT2D eigenvalue weighted by molar-refractivity contribution is 0.327. The molecule has 0 amide bonds. The minimum atomic E-state index is 0.556. The second-order valence-corrected chi connectivity index (χ2v) is 5.29. The number of ether oxygens (including phenoxy) is 3. The fourth-order valence-corrected chi connectivity index (χ4v) is 3.01. The first-order chi connectivity index (χ1) is 10.8. The van der Waals surface area contributed by atoms with Crippen LogP contribution in [0.1, 0.15) is 19.3 Å². The summed E-state index contributed by atoms with van der Waals surface area (Å²) in [5.74, 6) is 2.70. The second-order valence-electron chi connectivity index (χ2n) is 5.29. The quantitative estimate of drug-likeness (QED) is 0.865. The Morgan fingerprint density at radius 2 is 1.64 bits per heavy atom. The highest BCUT2D eigenvalue weighted by atomic mass is 16.5. The molecule has 1 aromatic heterocycles. The molecule has 0 saturated carbocycles. The van der Waals surface area contributed by atoms with Gasteiger partial charge in [0, 0.05) is 13.1 Å². The molecule has 2 heterocycles. The van der Waals surface area contributed by atoms with Crippen LogP contribution in [0.2, 0.25) is 0 Å². The van der Waals surface area contributed by atoms with Crippen molar-refractivity contribution in [3.8, 4) is 17.2 Å². The van der Waals surface area contributed by atoms with Crippen LogP contribution in [0.5, 0.6) is 17.2 Å². The lowest BCUT2D eigenvalue weighted by Gasteiger charge is -2.28. The minimum Gasteiger partial charge on any atom is -0.493 e. The summed E-state index contributed by atoms with van der Waals surface area (Å²) in [4.78, 5) is 11.2. The van der Waals surface area contributed by atoms with E-state index in [4.69, 9.17) is 14.2 Å². The summed E-state index contributed by atoms with van der Waals surface area (Å²) >= 11 is 0. The zero-order chi connectivity index (χ0) is 15.5. The number of hydrogen-bond donors (Lipinski definition) is 0. The van der Waals surface area contributed by atoms with Gasteiger partial charge in [0.25, 0.3) is 0 Å². The van der Waals surface area contributed by atoms with E-state index < -0.39 is 0 Å². The molecule has 0 unspecified atom stereocenters. The fourth-order valence-electron chi connectivity index (χ4n) is 3.01. The number of hydrogen-bond acceptors (Lipinski definition) is 6. The molecule has 118 valence electrons. The summed E-state index contributed by atoms with van der Waals surface area (Å²) in [6.45, 7) is 2.03. The Balaban J connectivity index is 2.22. The monoisotopic (exact) mass is 303 g/mol. The second kappa shape index (κ2) is 6.25. The van der Waals surface area contributed by atoms with Gasteiger partial charge in [0.1, 0.15) is 17.7 Å². The first-order valence-electron chi connectivity index (χ1n) is 7.48. The fraction of sp³-hybridized carbons (Fsp3) is 0.500. The van der Waals surface area contributed by atoms with Crippen molar-refractivity contribution in [3.05, 3.63) is 12.4 Å². The molecular weight excluding hydrogens is 282 g/mol. The van der Waals surface area contributed by atoms with E-state index in [1.807, 2.05) is 6.07 Å². The molecule has 1 fully saturated rings. The van der Waals surface area contributed by atoms with Gasteiger partial charge < -0.3 is 19.1 Å². The molecule has 0 radical (unpaired) electrons. The number of piperidine rings is 1. The largest absolute Gasteiger partial charge is 0.493 e. The van der Waals surface area contributed by atoms with Crippen molar-refractivity contribution in [1.82, 2.24) is 9.97 Å². The third-order valence-corrected chi connectivity index (χ3v) is 4.07. The van der Waals surface area contributed by atoms with Crippen molar-refractivity contribution >= 4 is 16.7 Å². The molecule has 0 aliphatic carbocycles. The van der Waals surface area contributed by atoms with Crippen molar-refractivity contribution in [3.63, 3.8) is 0 Å². The number of aromatic nitrogens is 2. The lowest BCUT2D eigenvalue weighted by atomic mass is 10.1. The van der Waals surface area contributed by atoms with Crippen LogP contribution < -0.4 is 19.1 Å². The maximum atomic E-state index is 5.52. The highest BCUT2D eigenvalue weighted by Gasteiger charge is 2.22. The van der Waals surface area contributed by atoms with Crippen LogP contribution in [0.3, 0.4) is 0 Å². The van der Waals surface area contributed by atoms with Gasteiger partial charge in [0.15, 0.2) is 11.5 Å². The molecule has 3 rings (SSSR count). The highest BCUT2D eigenvalue weighted by molar-refractivity contribution is 5.97. The van der Waals surface area contributed by atoms with Crippen molar-refractivity contribution in [2.45, 2.75) is 19.3 Å². The summed E-state index contributed by atoms with van der Waals surface area (Å²) in [5, 5.41) is 0.930. The molecule has 0 atom stereocenters. The average molecular weight is 303 g/mol. The number of nitrogens with zero attached hydrogens (tertiary/aromatic N) is 3. The molecule has 0 spiro atoms. The van der Waals surface area contributed by atoms with E-state index in [0.717, 1.165) is 29.8 Å². The predicted molar refractivity (Wildman–Crippen MR) is 85.3 cm³/mol. The predicted octanol–water partition coefficient (Wildman–Crippen LogP) is 2.65. The van der Waals surface area contributed by atoms with Crippen LogP contribution in [0.4, 0.5) is 5.82 Å². The molecule has 1 aromatic carbocycles. The first-order valence-corrected chi connectivity index (χ1v) is 7.48. The Morgan fingerprint density at radius 1 is 0.909 bits per heavy atom. The molecule has 22 heavy (non-hydrogen) atoms. The standard InChI is InChI=1S/C16H21N3O3/c1-20-12-9-11-13(15(22-3)14(12)21-2)17-10-18-16(11)19-7-5-4-6-8-19/h9-10H,4-8H2,1-3H3. The Bertz CT molecular complexity index is 669. The zero-order valence-electron chi connectivity index (χ0n) is 13.3. The van der Waals surface area contributed by atoms with Crippen molar-refractivity contribution in [2.24, 2.45) is 0 Å². The van der Waals surface area contributed by atoms with Gasteiger partial charge in [0.2, 0.25) is 5.75 Å². The van der Waals surface area contributed by atoms with Crippen LogP contribution >= 0.6 is 0 Å². The number of anilines is 1. The molecule has 1 aliphatic rings. The van der Waals surface area contributed by atoms with E-state index in [-0.39, 0.29) is 0 Å². The van der Waals surface area contributed by atoms with Gasteiger partial charge in [-0.3, -0.25) is 0 Å². The third-order valence-electron chi connectivity index (χ3n) is 4.07. The van der Waals surface area contributed by atoms with E-state index in [0.29, 0.717) is 17.2 Å². The molecule has 0 bridgehead atoms. The van der Waals surface area contributed by atoms with Gasteiger partial charge in [-0.05, 0) is 25.3 Å². The molecule has 1 saturated heterocycles. The van der Waals surface area contributed by atoms with Crippen LogP contribution in [0.15, 0.2) is 12.4 Å².